The average molecular weight is 340 g/mol. The number of nitrogens with one attached hydrogen (secondary N) is 1. The Hall–Kier alpha value is -2.05. The third-order valence-electron chi connectivity index (χ3n) is 2.79. The van der Waals surface area contributed by atoms with Gasteiger partial charge in [0.05, 0.1) is 17.1 Å². The van der Waals surface area contributed by atoms with E-state index < -0.39 is 18.0 Å². The maximum absolute atomic E-state index is 12.1. The van der Waals surface area contributed by atoms with Gasteiger partial charge in [-0.3, -0.25) is 4.79 Å². The first-order valence-corrected chi connectivity index (χ1v) is 7.61. The van der Waals surface area contributed by atoms with Gasteiger partial charge in [0.2, 0.25) is 0 Å². The van der Waals surface area contributed by atoms with Gasteiger partial charge in [-0.2, -0.15) is 0 Å². The second-order valence-electron chi connectivity index (χ2n) is 4.34. The highest BCUT2D eigenvalue weighted by Crippen LogP contribution is 2.24. The van der Waals surface area contributed by atoms with Crippen LogP contribution in [0.2, 0.25) is 4.34 Å². The van der Waals surface area contributed by atoms with E-state index in [2.05, 4.69) is 5.32 Å². The molecular formula is C15H14ClNO4S. The number of anilines is 1. The lowest BCUT2D eigenvalue weighted by atomic mass is 10.2. The highest BCUT2D eigenvalue weighted by Gasteiger charge is 2.21. The molecule has 1 heterocycles. The lowest BCUT2D eigenvalue weighted by Crippen LogP contribution is -2.29. The number of esters is 1. The van der Waals surface area contributed by atoms with Crippen LogP contribution in [-0.2, 0) is 9.53 Å². The van der Waals surface area contributed by atoms with Crippen molar-refractivity contribution in [2.75, 3.05) is 12.4 Å². The molecule has 0 aliphatic heterocycles. The number of thiophene rings is 1. The first-order chi connectivity index (χ1) is 10.5. The Morgan fingerprint density at radius 1 is 1.23 bits per heavy atom. The summed E-state index contributed by atoms with van der Waals surface area (Å²) in [5, 5.41) is 2.66. The zero-order chi connectivity index (χ0) is 16.1. The number of halogens is 1. The van der Waals surface area contributed by atoms with Gasteiger partial charge in [-0.05, 0) is 31.2 Å². The van der Waals surface area contributed by atoms with Crippen molar-refractivity contribution in [3.8, 4) is 5.75 Å². The minimum Gasteiger partial charge on any atom is -0.495 e. The predicted molar refractivity (Wildman–Crippen MR) is 85.8 cm³/mol. The van der Waals surface area contributed by atoms with Crippen LogP contribution in [0.1, 0.15) is 16.6 Å². The van der Waals surface area contributed by atoms with Crippen molar-refractivity contribution in [1.29, 1.82) is 0 Å². The summed E-state index contributed by atoms with van der Waals surface area (Å²) in [5.74, 6) is -0.500. The molecule has 1 aromatic heterocycles. The molecule has 1 amide bonds. The van der Waals surface area contributed by atoms with Crippen LogP contribution in [0.25, 0.3) is 0 Å². The van der Waals surface area contributed by atoms with Gasteiger partial charge in [0.15, 0.2) is 6.10 Å². The van der Waals surface area contributed by atoms with E-state index in [1.165, 1.54) is 14.0 Å². The Morgan fingerprint density at radius 2 is 1.95 bits per heavy atom. The third kappa shape index (κ3) is 3.99. The fourth-order valence-corrected chi connectivity index (χ4v) is 2.60. The van der Waals surface area contributed by atoms with Crippen molar-refractivity contribution >= 4 is 40.5 Å². The van der Waals surface area contributed by atoms with E-state index in [4.69, 9.17) is 21.1 Å². The number of methoxy groups -OCH3 is 1. The lowest BCUT2D eigenvalue weighted by molar-refractivity contribution is -0.123. The summed E-state index contributed by atoms with van der Waals surface area (Å²) in [6, 6.07) is 10.1. The zero-order valence-electron chi connectivity index (χ0n) is 12.0. The number of hydrogen-bond acceptors (Lipinski definition) is 5. The SMILES string of the molecule is COc1ccccc1NC(=O)[C@H](C)OC(=O)c1ccc(Cl)s1. The number of ether oxygens (including phenoxy) is 2. The summed E-state index contributed by atoms with van der Waals surface area (Å²) in [7, 11) is 1.51. The smallest absolute Gasteiger partial charge is 0.349 e. The van der Waals surface area contributed by atoms with Gasteiger partial charge in [-0.25, -0.2) is 4.79 Å². The summed E-state index contributed by atoms with van der Waals surface area (Å²) in [6.07, 6.45) is -0.946. The summed E-state index contributed by atoms with van der Waals surface area (Å²) in [4.78, 5) is 24.3. The number of carbonyl (C=O) groups is 2. The fourth-order valence-electron chi connectivity index (χ4n) is 1.68. The minimum absolute atomic E-state index is 0.349. The second-order valence-corrected chi connectivity index (χ2v) is 6.06. The van der Waals surface area contributed by atoms with Crippen LogP contribution >= 0.6 is 22.9 Å². The van der Waals surface area contributed by atoms with Crippen LogP contribution in [-0.4, -0.2) is 25.1 Å². The molecule has 0 radical (unpaired) electrons. The molecule has 2 rings (SSSR count). The largest absolute Gasteiger partial charge is 0.495 e. The molecule has 2 aromatic rings. The first-order valence-electron chi connectivity index (χ1n) is 6.41. The molecule has 0 bridgehead atoms. The molecule has 0 aliphatic carbocycles. The predicted octanol–water partition coefficient (Wildman–Crippen LogP) is 3.59. The van der Waals surface area contributed by atoms with E-state index in [0.29, 0.717) is 20.7 Å². The number of amides is 1. The molecule has 0 saturated carbocycles. The Balaban J connectivity index is 1.99. The molecule has 22 heavy (non-hydrogen) atoms. The van der Waals surface area contributed by atoms with E-state index in [-0.39, 0.29) is 0 Å². The minimum atomic E-state index is -0.946. The van der Waals surface area contributed by atoms with Crippen LogP contribution in [0, 0.1) is 0 Å². The average Bonchev–Trinajstić information content (AvgIpc) is 2.94. The number of para-hydroxylation sites is 2. The quantitative estimate of drug-likeness (QED) is 0.845. The van der Waals surface area contributed by atoms with Crippen LogP contribution in [0.3, 0.4) is 0 Å². The molecule has 1 atom stereocenters. The Kier molecular flexibility index (Phi) is 5.41. The summed E-state index contributed by atoms with van der Waals surface area (Å²) >= 11 is 6.86. The Morgan fingerprint density at radius 3 is 2.59 bits per heavy atom. The molecule has 5 nitrogen and oxygen atoms in total. The van der Waals surface area contributed by atoms with Crippen LogP contribution in [0.4, 0.5) is 5.69 Å². The van der Waals surface area contributed by atoms with Crippen molar-refractivity contribution in [2.45, 2.75) is 13.0 Å². The topological polar surface area (TPSA) is 64.6 Å². The second kappa shape index (κ2) is 7.29. The van der Waals surface area contributed by atoms with Gasteiger partial charge < -0.3 is 14.8 Å². The van der Waals surface area contributed by atoms with Crippen molar-refractivity contribution < 1.29 is 19.1 Å². The summed E-state index contributed by atoms with van der Waals surface area (Å²) in [5.41, 5.74) is 0.511. The molecule has 0 fully saturated rings. The molecule has 1 aromatic carbocycles. The Labute approximate surface area is 136 Å². The lowest BCUT2D eigenvalue weighted by Gasteiger charge is -2.14. The normalized spacial score (nSPS) is 11.6. The standard InChI is InChI=1S/C15H14ClNO4S/c1-9(21-15(19)12-7-8-13(16)22-12)14(18)17-10-5-3-4-6-11(10)20-2/h3-9H,1-2H3,(H,17,18)/t9-/m0/s1. The van der Waals surface area contributed by atoms with Crippen LogP contribution in [0.5, 0.6) is 5.75 Å². The van der Waals surface area contributed by atoms with Crippen LogP contribution in [0.15, 0.2) is 36.4 Å². The molecule has 0 unspecified atom stereocenters. The zero-order valence-corrected chi connectivity index (χ0v) is 13.5. The monoisotopic (exact) mass is 339 g/mol. The van der Waals surface area contributed by atoms with Gasteiger partial charge in [0.25, 0.3) is 5.91 Å². The summed E-state index contributed by atoms with van der Waals surface area (Å²) < 4.78 is 10.7. The number of hydrogen-bond donors (Lipinski definition) is 1. The van der Waals surface area contributed by atoms with Crippen molar-refractivity contribution in [1.82, 2.24) is 0 Å². The molecular weight excluding hydrogens is 326 g/mol. The van der Waals surface area contributed by atoms with Gasteiger partial charge >= 0.3 is 5.97 Å². The third-order valence-corrected chi connectivity index (χ3v) is 4.00. The van der Waals surface area contributed by atoms with Crippen LogP contribution < -0.4 is 10.1 Å². The molecule has 116 valence electrons. The highest BCUT2D eigenvalue weighted by molar-refractivity contribution is 7.17. The van der Waals surface area contributed by atoms with Crippen molar-refractivity contribution in [3.63, 3.8) is 0 Å². The van der Waals surface area contributed by atoms with E-state index in [1.54, 1.807) is 36.4 Å². The molecule has 0 aliphatic rings. The molecule has 7 heteroatoms. The first kappa shape index (κ1) is 16.3. The van der Waals surface area contributed by atoms with Gasteiger partial charge in [-0.1, -0.05) is 23.7 Å². The number of rotatable bonds is 5. The Bertz CT molecular complexity index is 686. The number of benzene rings is 1. The van der Waals surface area contributed by atoms with E-state index in [9.17, 15) is 9.59 Å². The number of carbonyl (C=O) groups excluding carboxylic acids is 2. The maximum Gasteiger partial charge on any atom is 0.349 e. The highest BCUT2D eigenvalue weighted by atomic mass is 35.5. The van der Waals surface area contributed by atoms with E-state index in [0.717, 1.165) is 11.3 Å². The maximum atomic E-state index is 12.1. The van der Waals surface area contributed by atoms with Gasteiger partial charge in [0.1, 0.15) is 10.6 Å². The van der Waals surface area contributed by atoms with Crippen molar-refractivity contribution in [3.05, 3.63) is 45.6 Å². The fraction of sp³-hybridized carbons (Fsp3) is 0.200. The molecule has 1 N–H and O–H groups in total. The van der Waals surface area contributed by atoms with E-state index in [1.807, 2.05) is 0 Å². The molecule has 0 spiro atoms. The van der Waals surface area contributed by atoms with Gasteiger partial charge in [0, 0.05) is 0 Å². The van der Waals surface area contributed by atoms with Gasteiger partial charge in [-0.15, -0.1) is 11.3 Å². The van der Waals surface area contributed by atoms with Crippen molar-refractivity contribution in [2.24, 2.45) is 0 Å². The summed E-state index contributed by atoms with van der Waals surface area (Å²) in [6.45, 7) is 1.50. The molecule has 0 saturated heterocycles. The van der Waals surface area contributed by atoms with E-state index >= 15 is 0 Å².